The van der Waals surface area contributed by atoms with Crippen molar-refractivity contribution in [2.45, 2.75) is 6.92 Å². The standard InChI is InChI=1S/C11H8ClN3O5S/c1-2-19-10(16)9-13-14-11(21-9)20-8-6(12)4-3-5-7(8)15(17)18/h3-5H,2H2,1H3. The minimum Gasteiger partial charge on any atom is -0.461 e. The van der Waals surface area contributed by atoms with E-state index in [0.717, 1.165) is 11.3 Å². The first kappa shape index (κ1) is 15.1. The number of carbonyl (C=O) groups is 1. The Morgan fingerprint density at radius 1 is 1.48 bits per heavy atom. The van der Waals surface area contributed by atoms with Crippen molar-refractivity contribution in [1.82, 2.24) is 10.2 Å². The van der Waals surface area contributed by atoms with Crippen molar-refractivity contribution in [2.75, 3.05) is 6.61 Å². The van der Waals surface area contributed by atoms with Crippen molar-refractivity contribution in [3.8, 4) is 10.9 Å². The molecule has 0 aliphatic heterocycles. The number of ether oxygens (including phenoxy) is 2. The molecule has 0 saturated heterocycles. The maximum absolute atomic E-state index is 11.4. The summed E-state index contributed by atoms with van der Waals surface area (Å²) in [7, 11) is 0. The molecule has 2 rings (SSSR count). The molecule has 1 heterocycles. The number of carbonyl (C=O) groups excluding carboxylic acids is 1. The van der Waals surface area contributed by atoms with E-state index in [1.807, 2.05) is 0 Å². The smallest absolute Gasteiger partial charge is 0.369 e. The highest BCUT2D eigenvalue weighted by atomic mass is 35.5. The molecule has 21 heavy (non-hydrogen) atoms. The Kier molecular flexibility index (Phi) is 4.66. The average molecular weight is 330 g/mol. The molecule has 0 fully saturated rings. The summed E-state index contributed by atoms with van der Waals surface area (Å²) in [6, 6.07) is 4.11. The van der Waals surface area contributed by atoms with Crippen LogP contribution in [-0.4, -0.2) is 27.7 Å². The first-order valence-corrected chi connectivity index (χ1v) is 6.83. The minimum absolute atomic E-state index is 0.0124. The van der Waals surface area contributed by atoms with Gasteiger partial charge in [0, 0.05) is 6.07 Å². The third kappa shape index (κ3) is 3.44. The van der Waals surface area contributed by atoms with Gasteiger partial charge in [-0.05, 0) is 24.3 Å². The minimum atomic E-state index is -0.640. The van der Waals surface area contributed by atoms with Gasteiger partial charge in [-0.2, -0.15) is 0 Å². The second-order valence-corrected chi connectivity index (χ2v) is 4.89. The Morgan fingerprint density at radius 3 is 2.90 bits per heavy atom. The number of hydrogen-bond acceptors (Lipinski definition) is 8. The topological polar surface area (TPSA) is 104 Å². The third-order valence-corrected chi connectivity index (χ3v) is 3.27. The molecule has 0 bridgehead atoms. The maximum atomic E-state index is 11.4. The van der Waals surface area contributed by atoms with Gasteiger partial charge >= 0.3 is 11.7 Å². The predicted octanol–water partition coefficient (Wildman–Crippen LogP) is 3.07. The van der Waals surface area contributed by atoms with E-state index < -0.39 is 10.9 Å². The number of hydrogen-bond donors (Lipinski definition) is 0. The summed E-state index contributed by atoms with van der Waals surface area (Å²) in [5.74, 6) is -0.797. The van der Waals surface area contributed by atoms with Gasteiger partial charge in [-0.15, -0.1) is 5.10 Å². The second kappa shape index (κ2) is 6.46. The van der Waals surface area contributed by atoms with Crippen molar-refractivity contribution < 1.29 is 19.2 Å². The number of nitro groups is 1. The van der Waals surface area contributed by atoms with Crippen LogP contribution in [0.1, 0.15) is 16.7 Å². The summed E-state index contributed by atoms with van der Waals surface area (Å²) >= 11 is 6.68. The zero-order valence-corrected chi connectivity index (χ0v) is 12.2. The second-order valence-electron chi connectivity index (χ2n) is 3.54. The Bertz CT molecular complexity index is 690. The number of nitrogens with zero attached hydrogens (tertiary/aromatic N) is 3. The molecule has 0 unspecified atom stereocenters. The SMILES string of the molecule is CCOC(=O)c1nnc(Oc2c(Cl)cccc2[N+](=O)[O-])s1. The van der Waals surface area contributed by atoms with Crippen LogP contribution in [0.15, 0.2) is 18.2 Å². The average Bonchev–Trinajstić information content (AvgIpc) is 2.90. The van der Waals surface area contributed by atoms with Gasteiger partial charge in [-0.25, -0.2) is 4.79 Å². The molecular formula is C11H8ClN3O5S. The first-order chi connectivity index (χ1) is 10.0. The molecule has 0 aliphatic rings. The lowest BCUT2D eigenvalue weighted by Gasteiger charge is -2.03. The van der Waals surface area contributed by atoms with Crippen LogP contribution < -0.4 is 4.74 Å². The number of halogens is 1. The van der Waals surface area contributed by atoms with Gasteiger partial charge in [0.25, 0.3) is 5.19 Å². The normalized spacial score (nSPS) is 10.2. The number of aromatic nitrogens is 2. The Morgan fingerprint density at radius 2 is 2.24 bits per heavy atom. The van der Waals surface area contributed by atoms with E-state index in [1.165, 1.54) is 18.2 Å². The van der Waals surface area contributed by atoms with Crippen LogP contribution in [0, 0.1) is 10.1 Å². The van der Waals surface area contributed by atoms with E-state index >= 15 is 0 Å². The zero-order valence-electron chi connectivity index (χ0n) is 10.6. The molecule has 0 radical (unpaired) electrons. The lowest BCUT2D eigenvalue weighted by atomic mass is 10.3. The highest BCUT2D eigenvalue weighted by molar-refractivity contribution is 7.14. The van der Waals surface area contributed by atoms with Crippen molar-refractivity contribution in [1.29, 1.82) is 0 Å². The van der Waals surface area contributed by atoms with Gasteiger partial charge in [-0.1, -0.05) is 22.8 Å². The Balaban J connectivity index is 2.27. The number of esters is 1. The van der Waals surface area contributed by atoms with Crippen LogP contribution in [0.5, 0.6) is 10.9 Å². The fraction of sp³-hybridized carbons (Fsp3) is 0.182. The third-order valence-electron chi connectivity index (χ3n) is 2.19. The molecule has 1 aromatic heterocycles. The van der Waals surface area contributed by atoms with Crippen LogP contribution in [0.25, 0.3) is 0 Å². The fourth-order valence-corrected chi connectivity index (χ4v) is 2.16. The van der Waals surface area contributed by atoms with Gasteiger partial charge in [0.2, 0.25) is 10.8 Å². The molecule has 8 nitrogen and oxygen atoms in total. The maximum Gasteiger partial charge on any atom is 0.369 e. The Hall–Kier alpha value is -2.26. The monoisotopic (exact) mass is 329 g/mol. The molecule has 2 aromatic rings. The number of nitro benzene ring substituents is 1. The van der Waals surface area contributed by atoms with E-state index in [-0.39, 0.29) is 33.3 Å². The lowest BCUT2D eigenvalue weighted by Crippen LogP contribution is -2.03. The van der Waals surface area contributed by atoms with E-state index in [1.54, 1.807) is 6.92 Å². The van der Waals surface area contributed by atoms with Crippen molar-refractivity contribution in [3.63, 3.8) is 0 Å². The van der Waals surface area contributed by atoms with Gasteiger partial charge in [0.05, 0.1) is 16.6 Å². The molecule has 0 spiro atoms. The fourth-order valence-electron chi connectivity index (χ4n) is 1.36. The van der Waals surface area contributed by atoms with E-state index in [0.29, 0.717) is 0 Å². The quantitative estimate of drug-likeness (QED) is 0.471. The van der Waals surface area contributed by atoms with E-state index in [9.17, 15) is 14.9 Å². The summed E-state index contributed by atoms with van der Waals surface area (Å²) in [5, 5.41) is 18.1. The van der Waals surface area contributed by atoms with Crippen molar-refractivity contribution >= 4 is 34.6 Å². The van der Waals surface area contributed by atoms with Crippen molar-refractivity contribution in [2.24, 2.45) is 0 Å². The highest BCUT2D eigenvalue weighted by Crippen LogP contribution is 2.38. The number of benzene rings is 1. The van der Waals surface area contributed by atoms with E-state index in [4.69, 9.17) is 21.1 Å². The van der Waals surface area contributed by atoms with E-state index in [2.05, 4.69) is 10.2 Å². The molecule has 0 saturated carbocycles. The number of para-hydroxylation sites is 1. The molecule has 10 heteroatoms. The highest BCUT2D eigenvalue weighted by Gasteiger charge is 2.22. The lowest BCUT2D eigenvalue weighted by molar-refractivity contribution is -0.385. The molecule has 1 aromatic carbocycles. The predicted molar refractivity (Wildman–Crippen MR) is 74.0 cm³/mol. The van der Waals surface area contributed by atoms with Crippen LogP contribution in [0.4, 0.5) is 5.69 Å². The van der Waals surface area contributed by atoms with Crippen molar-refractivity contribution in [3.05, 3.63) is 38.3 Å². The van der Waals surface area contributed by atoms with Crippen LogP contribution in [-0.2, 0) is 4.74 Å². The van der Waals surface area contributed by atoms with Gasteiger partial charge in [0.15, 0.2) is 0 Å². The Labute approximate surface area is 127 Å². The molecule has 0 atom stereocenters. The summed E-state index contributed by atoms with van der Waals surface area (Å²) in [5.41, 5.74) is -0.310. The van der Waals surface area contributed by atoms with Crippen LogP contribution in [0.2, 0.25) is 5.02 Å². The zero-order chi connectivity index (χ0) is 15.4. The summed E-state index contributed by atoms with van der Waals surface area (Å²) in [4.78, 5) is 21.7. The summed E-state index contributed by atoms with van der Waals surface area (Å²) in [6.07, 6.45) is 0. The molecule has 0 amide bonds. The molecular weight excluding hydrogens is 322 g/mol. The van der Waals surface area contributed by atoms with Crippen LogP contribution >= 0.6 is 22.9 Å². The van der Waals surface area contributed by atoms with Gasteiger partial charge in [0.1, 0.15) is 0 Å². The molecule has 110 valence electrons. The molecule has 0 aliphatic carbocycles. The summed E-state index contributed by atoms with van der Waals surface area (Å²) in [6.45, 7) is 1.86. The first-order valence-electron chi connectivity index (χ1n) is 5.64. The molecule has 0 N–H and O–H groups in total. The van der Waals surface area contributed by atoms with Crippen LogP contribution in [0.3, 0.4) is 0 Å². The number of rotatable bonds is 5. The largest absolute Gasteiger partial charge is 0.461 e. The summed E-state index contributed by atoms with van der Waals surface area (Å²) < 4.78 is 10.0. The van der Waals surface area contributed by atoms with Gasteiger partial charge in [-0.3, -0.25) is 10.1 Å². The van der Waals surface area contributed by atoms with Gasteiger partial charge < -0.3 is 9.47 Å².